The number of rotatable bonds is 4. The second-order valence-corrected chi connectivity index (χ2v) is 7.12. The maximum Gasteiger partial charge on any atom is 0.244 e. The van der Waals surface area contributed by atoms with Gasteiger partial charge in [-0.3, -0.25) is 4.90 Å². The highest BCUT2D eigenvalue weighted by Gasteiger charge is 2.29. The summed E-state index contributed by atoms with van der Waals surface area (Å²) in [4.78, 5) is 12.3. The maximum absolute atomic E-state index is 5.75. The molecular weight excluding hydrogens is 358 g/mol. The number of nitrogens with zero attached hydrogens (tertiary/aromatic N) is 4. The molecule has 3 heterocycles. The van der Waals surface area contributed by atoms with Gasteiger partial charge in [-0.2, -0.15) is 4.98 Å². The molecule has 25 heavy (non-hydrogen) atoms. The average molecular weight is 378 g/mol. The fourth-order valence-electron chi connectivity index (χ4n) is 3.13. The Morgan fingerprint density at radius 1 is 1.24 bits per heavy atom. The Labute approximate surface area is 156 Å². The summed E-state index contributed by atoms with van der Waals surface area (Å²) in [6.45, 7) is 1.84. The van der Waals surface area contributed by atoms with Crippen molar-refractivity contribution in [1.82, 2.24) is 20.0 Å². The van der Waals surface area contributed by atoms with Gasteiger partial charge in [-0.15, -0.1) is 23.7 Å². The first-order valence-electron chi connectivity index (χ1n) is 8.13. The van der Waals surface area contributed by atoms with Crippen molar-refractivity contribution in [3.05, 3.63) is 47.3 Å². The van der Waals surface area contributed by atoms with Gasteiger partial charge in [-0.05, 0) is 19.4 Å². The minimum Gasteiger partial charge on any atom is -0.375 e. The smallest absolute Gasteiger partial charge is 0.244 e. The van der Waals surface area contributed by atoms with Crippen molar-refractivity contribution in [3.63, 3.8) is 0 Å². The van der Waals surface area contributed by atoms with Crippen LogP contribution in [0, 0.1) is 0 Å². The van der Waals surface area contributed by atoms with Crippen LogP contribution in [0.4, 0.5) is 5.13 Å². The van der Waals surface area contributed by atoms with E-state index in [0.29, 0.717) is 16.8 Å². The van der Waals surface area contributed by atoms with Gasteiger partial charge in [-0.1, -0.05) is 41.9 Å². The molecule has 2 N–H and O–H groups in total. The lowest BCUT2D eigenvalue weighted by Gasteiger charge is -2.32. The molecule has 0 aliphatic carbocycles. The Morgan fingerprint density at radius 3 is 2.84 bits per heavy atom. The second kappa shape index (κ2) is 7.95. The molecule has 2 aromatic heterocycles. The third-order valence-electron chi connectivity index (χ3n) is 4.30. The number of nitrogens with two attached hydrogens (primary N) is 1. The lowest BCUT2D eigenvalue weighted by atomic mass is 10.0. The van der Waals surface area contributed by atoms with Crippen LogP contribution in [0.3, 0.4) is 0 Å². The molecule has 1 aliphatic rings. The Balaban J connectivity index is 0.00000182. The molecule has 1 atom stereocenters. The maximum atomic E-state index is 5.75. The van der Waals surface area contributed by atoms with Gasteiger partial charge in [0.2, 0.25) is 11.7 Å². The standard InChI is InChI=1S/C17H19N5OS.ClH/c18-17-19-10-13(24-17)11-22-9-5-4-8-14(22)16-20-15(21-23-16)12-6-2-1-3-7-12;/h1-3,6-7,10,14H,4-5,8-9,11H2,(H2,18,19);1H. The summed E-state index contributed by atoms with van der Waals surface area (Å²) in [6.07, 6.45) is 5.25. The quantitative estimate of drug-likeness (QED) is 0.742. The first-order chi connectivity index (χ1) is 11.8. The first-order valence-corrected chi connectivity index (χ1v) is 8.94. The number of aromatic nitrogens is 3. The van der Waals surface area contributed by atoms with E-state index in [2.05, 4.69) is 20.0 Å². The van der Waals surface area contributed by atoms with Crippen molar-refractivity contribution in [2.75, 3.05) is 12.3 Å². The number of hydrogen-bond donors (Lipinski definition) is 1. The molecule has 0 spiro atoms. The van der Waals surface area contributed by atoms with Crippen LogP contribution < -0.4 is 5.73 Å². The summed E-state index contributed by atoms with van der Waals surface area (Å²) in [7, 11) is 0. The Hall–Kier alpha value is -1.96. The van der Waals surface area contributed by atoms with Crippen molar-refractivity contribution >= 4 is 28.9 Å². The average Bonchev–Trinajstić information content (AvgIpc) is 3.26. The number of halogens is 1. The zero-order chi connectivity index (χ0) is 16.4. The molecule has 132 valence electrons. The van der Waals surface area contributed by atoms with Gasteiger partial charge in [0.15, 0.2) is 5.13 Å². The number of benzene rings is 1. The highest BCUT2D eigenvalue weighted by atomic mass is 35.5. The van der Waals surface area contributed by atoms with Crippen molar-refractivity contribution < 1.29 is 4.52 Å². The van der Waals surface area contributed by atoms with E-state index >= 15 is 0 Å². The van der Waals surface area contributed by atoms with Crippen LogP contribution >= 0.6 is 23.7 Å². The predicted molar refractivity (Wildman–Crippen MR) is 101 cm³/mol. The molecule has 0 amide bonds. The SMILES string of the molecule is Cl.Nc1ncc(CN2CCCCC2c2nc(-c3ccccc3)no2)s1. The van der Waals surface area contributed by atoms with Crippen molar-refractivity contribution in [3.8, 4) is 11.4 Å². The normalized spacial score (nSPS) is 18.0. The Morgan fingerprint density at radius 2 is 2.08 bits per heavy atom. The minimum absolute atomic E-state index is 0. The van der Waals surface area contributed by atoms with Crippen LogP contribution in [0.2, 0.25) is 0 Å². The first kappa shape index (κ1) is 17.8. The molecular formula is C17H20ClN5OS. The van der Waals surface area contributed by atoms with E-state index in [4.69, 9.17) is 10.3 Å². The highest BCUT2D eigenvalue weighted by molar-refractivity contribution is 7.15. The fourth-order valence-corrected chi connectivity index (χ4v) is 3.84. The summed E-state index contributed by atoms with van der Waals surface area (Å²) in [5, 5.41) is 4.78. The van der Waals surface area contributed by atoms with E-state index in [-0.39, 0.29) is 18.4 Å². The van der Waals surface area contributed by atoms with Gasteiger partial charge in [0.25, 0.3) is 0 Å². The van der Waals surface area contributed by atoms with Gasteiger partial charge in [0, 0.05) is 23.2 Å². The van der Waals surface area contributed by atoms with E-state index in [9.17, 15) is 0 Å². The molecule has 1 aromatic carbocycles. The topological polar surface area (TPSA) is 81.1 Å². The van der Waals surface area contributed by atoms with Gasteiger partial charge in [-0.25, -0.2) is 4.98 Å². The summed E-state index contributed by atoms with van der Waals surface area (Å²) in [6, 6.07) is 10.1. The molecule has 6 nitrogen and oxygen atoms in total. The molecule has 1 unspecified atom stereocenters. The number of piperidine rings is 1. The van der Waals surface area contributed by atoms with Crippen molar-refractivity contribution in [1.29, 1.82) is 0 Å². The molecule has 1 fully saturated rings. The largest absolute Gasteiger partial charge is 0.375 e. The molecule has 3 aromatic rings. The number of thiazole rings is 1. The third kappa shape index (κ3) is 4.00. The van der Waals surface area contributed by atoms with E-state index in [1.807, 2.05) is 36.5 Å². The van der Waals surface area contributed by atoms with Crippen LogP contribution in [0.25, 0.3) is 11.4 Å². The van der Waals surface area contributed by atoms with E-state index in [0.717, 1.165) is 25.1 Å². The van der Waals surface area contributed by atoms with Crippen LogP contribution in [0.5, 0.6) is 0 Å². The van der Waals surface area contributed by atoms with E-state index in [1.165, 1.54) is 29.1 Å². The van der Waals surface area contributed by atoms with Crippen LogP contribution in [-0.2, 0) is 6.54 Å². The number of likely N-dealkylation sites (tertiary alicyclic amines) is 1. The third-order valence-corrected chi connectivity index (χ3v) is 5.11. The van der Waals surface area contributed by atoms with Crippen LogP contribution in [0.15, 0.2) is 41.1 Å². The van der Waals surface area contributed by atoms with Gasteiger partial charge >= 0.3 is 0 Å². The zero-order valence-electron chi connectivity index (χ0n) is 13.7. The van der Waals surface area contributed by atoms with Crippen LogP contribution in [-0.4, -0.2) is 26.6 Å². The molecule has 0 saturated carbocycles. The highest BCUT2D eigenvalue weighted by Crippen LogP contribution is 2.33. The van der Waals surface area contributed by atoms with Gasteiger partial charge < -0.3 is 10.3 Å². The molecule has 1 saturated heterocycles. The lowest BCUT2D eigenvalue weighted by Crippen LogP contribution is -2.32. The molecule has 8 heteroatoms. The minimum atomic E-state index is 0. The number of anilines is 1. The summed E-state index contributed by atoms with van der Waals surface area (Å²) >= 11 is 1.54. The molecule has 0 bridgehead atoms. The van der Waals surface area contributed by atoms with E-state index < -0.39 is 0 Å². The summed E-state index contributed by atoms with van der Waals surface area (Å²) in [5.74, 6) is 1.35. The van der Waals surface area contributed by atoms with Crippen molar-refractivity contribution in [2.45, 2.75) is 31.8 Å². The summed E-state index contributed by atoms with van der Waals surface area (Å²) in [5.41, 5.74) is 6.72. The Bertz CT molecular complexity index is 806. The number of hydrogen-bond acceptors (Lipinski definition) is 7. The van der Waals surface area contributed by atoms with E-state index in [1.54, 1.807) is 0 Å². The molecule has 0 radical (unpaired) electrons. The van der Waals surface area contributed by atoms with Crippen molar-refractivity contribution in [2.24, 2.45) is 0 Å². The summed E-state index contributed by atoms with van der Waals surface area (Å²) < 4.78 is 5.59. The Kier molecular flexibility index (Phi) is 5.67. The lowest BCUT2D eigenvalue weighted by molar-refractivity contribution is 0.112. The van der Waals surface area contributed by atoms with Crippen LogP contribution in [0.1, 0.15) is 36.1 Å². The molecule has 4 rings (SSSR count). The fraction of sp³-hybridized carbons (Fsp3) is 0.353. The van der Waals surface area contributed by atoms with Gasteiger partial charge in [0.05, 0.1) is 6.04 Å². The second-order valence-electron chi connectivity index (χ2n) is 5.97. The monoisotopic (exact) mass is 377 g/mol. The van der Waals surface area contributed by atoms with Gasteiger partial charge in [0.1, 0.15) is 0 Å². The molecule has 1 aliphatic heterocycles. The predicted octanol–water partition coefficient (Wildman–Crippen LogP) is 3.92. The number of nitrogen functional groups attached to an aromatic ring is 1. The zero-order valence-corrected chi connectivity index (χ0v) is 15.3.